The highest BCUT2D eigenvalue weighted by Gasteiger charge is 2.38. The Bertz CT molecular complexity index is 880. The van der Waals surface area contributed by atoms with Crippen LogP contribution < -0.4 is 14.5 Å². The van der Waals surface area contributed by atoms with E-state index in [2.05, 4.69) is 9.88 Å². The predicted molar refractivity (Wildman–Crippen MR) is 111 cm³/mol. The Balaban J connectivity index is 1.35. The Kier molecular flexibility index (Phi) is 5.58. The Morgan fingerprint density at radius 2 is 1.83 bits per heavy atom. The number of carbonyl (C=O) groups excluding carboxylic acids is 2. The molecule has 29 heavy (non-hydrogen) atoms. The van der Waals surface area contributed by atoms with E-state index < -0.39 is 0 Å². The molecule has 1 atom stereocenters. The number of halogens is 1. The normalized spacial score (nSPS) is 19.6. The first-order valence-electron chi connectivity index (χ1n) is 9.65. The first-order chi connectivity index (χ1) is 14.0. The van der Waals surface area contributed by atoms with Crippen LogP contribution >= 0.6 is 11.6 Å². The third-order valence-corrected chi connectivity index (χ3v) is 5.71. The first-order valence-corrected chi connectivity index (χ1v) is 10.0. The maximum absolute atomic E-state index is 13.0. The predicted octanol–water partition coefficient (Wildman–Crippen LogP) is 2.45. The van der Waals surface area contributed by atoms with E-state index in [-0.39, 0.29) is 24.2 Å². The smallest absolute Gasteiger partial charge is 0.228 e. The van der Waals surface area contributed by atoms with Gasteiger partial charge in [-0.2, -0.15) is 0 Å². The Morgan fingerprint density at radius 1 is 1.10 bits per heavy atom. The van der Waals surface area contributed by atoms with Crippen LogP contribution in [0.25, 0.3) is 0 Å². The molecule has 2 amide bonds. The van der Waals surface area contributed by atoms with E-state index in [1.165, 1.54) is 0 Å². The Labute approximate surface area is 174 Å². The highest BCUT2D eigenvalue weighted by molar-refractivity contribution is 6.30. The molecule has 2 saturated heterocycles. The highest BCUT2D eigenvalue weighted by Crippen LogP contribution is 2.28. The van der Waals surface area contributed by atoms with Crippen LogP contribution in [0.3, 0.4) is 0 Å². The third-order valence-electron chi connectivity index (χ3n) is 5.49. The van der Waals surface area contributed by atoms with E-state index in [0.29, 0.717) is 37.7 Å². The second kappa shape index (κ2) is 8.29. The number of hydrogen-bond acceptors (Lipinski definition) is 5. The number of ether oxygens (including phenoxy) is 1. The van der Waals surface area contributed by atoms with Crippen LogP contribution in [0.2, 0.25) is 5.02 Å². The molecule has 2 aliphatic heterocycles. The van der Waals surface area contributed by atoms with Gasteiger partial charge in [0.25, 0.3) is 0 Å². The molecule has 0 aliphatic carbocycles. The van der Waals surface area contributed by atoms with Gasteiger partial charge in [-0.15, -0.1) is 0 Å². The summed E-state index contributed by atoms with van der Waals surface area (Å²) in [5.41, 5.74) is 0.796. The number of hydrogen-bond donors (Lipinski definition) is 0. The van der Waals surface area contributed by atoms with E-state index in [9.17, 15) is 9.59 Å². The molecular weight excluding hydrogens is 392 g/mol. The molecule has 152 valence electrons. The number of rotatable bonds is 4. The van der Waals surface area contributed by atoms with Gasteiger partial charge in [-0.25, -0.2) is 4.98 Å². The number of nitrogens with zero attached hydrogens (tertiary/aromatic N) is 4. The largest absolute Gasteiger partial charge is 0.497 e. The summed E-state index contributed by atoms with van der Waals surface area (Å²) in [6.45, 7) is 3.09. The maximum atomic E-state index is 13.0. The second-order valence-corrected chi connectivity index (χ2v) is 7.69. The van der Waals surface area contributed by atoms with E-state index >= 15 is 0 Å². The van der Waals surface area contributed by atoms with Crippen LogP contribution in [0.1, 0.15) is 6.42 Å². The minimum atomic E-state index is -0.301. The molecule has 0 radical (unpaired) electrons. The standard InChI is InChI=1S/C21H23ClN4O3/c1-29-18-5-3-17(4-6-18)26-14-15(12-20(26)27)21(28)25-10-8-24(9-11-25)19-7-2-16(22)13-23-19/h2-7,13,15H,8-12,14H2,1H3. The Hall–Kier alpha value is -2.80. The highest BCUT2D eigenvalue weighted by atomic mass is 35.5. The van der Waals surface area contributed by atoms with Crippen LogP contribution in [0.4, 0.5) is 11.5 Å². The molecule has 1 aromatic heterocycles. The molecular formula is C21H23ClN4O3. The fraction of sp³-hybridized carbons (Fsp3) is 0.381. The lowest BCUT2D eigenvalue weighted by Crippen LogP contribution is -2.51. The van der Waals surface area contributed by atoms with Gasteiger partial charge in [0.15, 0.2) is 0 Å². The number of amides is 2. The summed E-state index contributed by atoms with van der Waals surface area (Å²) >= 11 is 5.90. The monoisotopic (exact) mass is 414 g/mol. The van der Waals surface area contributed by atoms with E-state index in [1.54, 1.807) is 18.2 Å². The Morgan fingerprint density at radius 3 is 2.45 bits per heavy atom. The van der Waals surface area contributed by atoms with Crippen molar-refractivity contribution in [2.45, 2.75) is 6.42 Å². The van der Waals surface area contributed by atoms with Crippen LogP contribution in [0.15, 0.2) is 42.6 Å². The molecule has 2 aliphatic rings. The maximum Gasteiger partial charge on any atom is 0.228 e. The van der Waals surface area contributed by atoms with Crippen molar-refractivity contribution in [2.75, 3.05) is 49.6 Å². The zero-order valence-electron chi connectivity index (χ0n) is 16.3. The zero-order chi connectivity index (χ0) is 20.4. The molecule has 0 saturated carbocycles. The molecule has 7 nitrogen and oxygen atoms in total. The van der Waals surface area contributed by atoms with Crippen molar-refractivity contribution in [3.05, 3.63) is 47.6 Å². The SMILES string of the molecule is COc1ccc(N2CC(C(=O)N3CCN(c4ccc(Cl)cn4)CC3)CC2=O)cc1. The first kappa shape index (κ1) is 19.5. The lowest BCUT2D eigenvalue weighted by molar-refractivity contribution is -0.136. The number of methoxy groups -OCH3 is 1. The van der Waals surface area contributed by atoms with Crippen molar-refractivity contribution in [3.63, 3.8) is 0 Å². The fourth-order valence-corrected chi connectivity index (χ4v) is 3.97. The summed E-state index contributed by atoms with van der Waals surface area (Å²) < 4.78 is 5.16. The number of piperazine rings is 1. The van der Waals surface area contributed by atoms with Crippen molar-refractivity contribution in [1.82, 2.24) is 9.88 Å². The van der Waals surface area contributed by atoms with Crippen molar-refractivity contribution in [3.8, 4) is 5.75 Å². The van der Waals surface area contributed by atoms with Gasteiger partial charge in [-0.05, 0) is 36.4 Å². The zero-order valence-corrected chi connectivity index (χ0v) is 17.0. The number of benzene rings is 1. The number of aromatic nitrogens is 1. The number of carbonyl (C=O) groups is 2. The van der Waals surface area contributed by atoms with Crippen molar-refractivity contribution in [1.29, 1.82) is 0 Å². The van der Waals surface area contributed by atoms with Crippen LogP contribution in [0.5, 0.6) is 5.75 Å². The summed E-state index contributed by atoms with van der Waals surface area (Å²) in [6.07, 6.45) is 1.89. The minimum absolute atomic E-state index is 0.0162. The van der Waals surface area contributed by atoms with Crippen molar-refractivity contribution >= 4 is 34.9 Å². The van der Waals surface area contributed by atoms with Crippen molar-refractivity contribution < 1.29 is 14.3 Å². The number of pyridine rings is 1. The molecule has 0 bridgehead atoms. The molecule has 0 N–H and O–H groups in total. The molecule has 1 unspecified atom stereocenters. The van der Waals surface area contributed by atoms with Crippen LogP contribution in [0, 0.1) is 5.92 Å². The van der Waals surface area contributed by atoms with E-state index in [0.717, 1.165) is 17.3 Å². The quantitative estimate of drug-likeness (QED) is 0.768. The second-order valence-electron chi connectivity index (χ2n) is 7.25. The molecule has 2 aromatic rings. The minimum Gasteiger partial charge on any atom is -0.497 e. The molecule has 3 heterocycles. The van der Waals surface area contributed by atoms with Gasteiger partial charge < -0.3 is 19.4 Å². The molecule has 0 spiro atoms. The fourth-order valence-electron chi connectivity index (χ4n) is 3.85. The van der Waals surface area contributed by atoms with Gasteiger partial charge in [-0.1, -0.05) is 11.6 Å². The van der Waals surface area contributed by atoms with Gasteiger partial charge in [0.1, 0.15) is 11.6 Å². The lowest BCUT2D eigenvalue weighted by Gasteiger charge is -2.36. The van der Waals surface area contributed by atoms with E-state index in [4.69, 9.17) is 16.3 Å². The molecule has 1 aromatic carbocycles. The van der Waals surface area contributed by atoms with Gasteiger partial charge in [0.2, 0.25) is 11.8 Å². The third kappa shape index (κ3) is 4.15. The van der Waals surface area contributed by atoms with Gasteiger partial charge in [0.05, 0.1) is 18.1 Å². The lowest BCUT2D eigenvalue weighted by atomic mass is 10.1. The van der Waals surface area contributed by atoms with Crippen LogP contribution in [-0.2, 0) is 9.59 Å². The molecule has 2 fully saturated rings. The average Bonchev–Trinajstić information content (AvgIpc) is 3.15. The topological polar surface area (TPSA) is 66.0 Å². The summed E-state index contributed by atoms with van der Waals surface area (Å²) in [6, 6.07) is 11.0. The molecule has 8 heteroatoms. The van der Waals surface area contributed by atoms with Gasteiger partial charge in [-0.3, -0.25) is 9.59 Å². The van der Waals surface area contributed by atoms with Crippen LogP contribution in [-0.4, -0.2) is 61.5 Å². The van der Waals surface area contributed by atoms with E-state index in [1.807, 2.05) is 41.3 Å². The summed E-state index contributed by atoms with van der Waals surface area (Å²) in [5, 5.41) is 0.606. The summed E-state index contributed by atoms with van der Waals surface area (Å²) in [5.74, 6) is 1.34. The molecule has 4 rings (SSSR count). The number of anilines is 2. The summed E-state index contributed by atoms with van der Waals surface area (Å²) in [7, 11) is 1.60. The van der Waals surface area contributed by atoms with Gasteiger partial charge >= 0.3 is 0 Å². The summed E-state index contributed by atoms with van der Waals surface area (Å²) in [4.78, 5) is 35.5. The van der Waals surface area contributed by atoms with Gasteiger partial charge in [0, 0.05) is 51.0 Å². The average molecular weight is 415 g/mol. The van der Waals surface area contributed by atoms with Crippen molar-refractivity contribution in [2.24, 2.45) is 5.92 Å².